The number of hydrogen-bond acceptors (Lipinski definition) is 6. The fourth-order valence-electron chi connectivity index (χ4n) is 4.13. The van der Waals surface area contributed by atoms with Crippen molar-refractivity contribution in [1.29, 1.82) is 5.41 Å². The predicted octanol–water partition coefficient (Wildman–Crippen LogP) is 2.75. The van der Waals surface area contributed by atoms with Crippen molar-refractivity contribution in [3.8, 4) is 0 Å². The molecular formula is C24H28N4O4. The van der Waals surface area contributed by atoms with Gasteiger partial charge in [-0.1, -0.05) is 30.3 Å². The summed E-state index contributed by atoms with van der Waals surface area (Å²) >= 11 is 0. The lowest BCUT2D eigenvalue weighted by Crippen LogP contribution is -2.41. The van der Waals surface area contributed by atoms with E-state index in [1.54, 1.807) is 29.2 Å². The molecule has 0 bridgehead atoms. The number of rotatable bonds is 7. The molecule has 0 spiro atoms. The van der Waals surface area contributed by atoms with E-state index in [1.165, 1.54) is 0 Å². The Balaban J connectivity index is 1.22. The molecular weight excluding hydrogens is 408 g/mol. The van der Waals surface area contributed by atoms with Gasteiger partial charge in [-0.15, -0.1) is 0 Å². The fourth-order valence-corrected chi connectivity index (χ4v) is 4.13. The summed E-state index contributed by atoms with van der Waals surface area (Å²) in [4.78, 5) is 28.6. The number of likely N-dealkylation sites (tertiary alicyclic amines) is 1. The minimum absolute atomic E-state index is 0.00854. The van der Waals surface area contributed by atoms with Crippen LogP contribution in [-0.4, -0.2) is 55.1 Å². The van der Waals surface area contributed by atoms with Gasteiger partial charge in [-0.25, -0.2) is 4.79 Å². The van der Waals surface area contributed by atoms with Gasteiger partial charge in [0.05, 0.1) is 12.5 Å². The maximum absolute atomic E-state index is 12.4. The van der Waals surface area contributed by atoms with Gasteiger partial charge in [-0.2, -0.15) is 0 Å². The molecule has 2 aliphatic heterocycles. The molecule has 0 aliphatic carbocycles. The number of nitrogen functional groups attached to an aromatic ring is 1. The number of amidine groups is 1. The Morgan fingerprint density at radius 3 is 2.44 bits per heavy atom. The van der Waals surface area contributed by atoms with Crippen LogP contribution in [0, 0.1) is 11.3 Å². The number of nitrogens with one attached hydrogen (secondary N) is 1. The Hall–Kier alpha value is -3.39. The number of esters is 1. The number of hydrogen-bond donors (Lipinski definition) is 2. The summed E-state index contributed by atoms with van der Waals surface area (Å²) < 4.78 is 11.0. The molecule has 2 aliphatic rings. The molecule has 4 rings (SSSR count). The van der Waals surface area contributed by atoms with Crippen LogP contribution in [0.25, 0.3) is 0 Å². The van der Waals surface area contributed by atoms with Gasteiger partial charge in [0.1, 0.15) is 18.5 Å². The highest BCUT2D eigenvalue weighted by Gasteiger charge is 2.35. The second-order valence-corrected chi connectivity index (χ2v) is 8.25. The van der Waals surface area contributed by atoms with E-state index in [4.69, 9.17) is 20.6 Å². The first-order chi connectivity index (χ1) is 15.5. The minimum Gasteiger partial charge on any atom is -0.461 e. The summed E-state index contributed by atoms with van der Waals surface area (Å²) in [7, 11) is 0. The first kappa shape index (κ1) is 21.8. The van der Waals surface area contributed by atoms with Crippen molar-refractivity contribution in [2.45, 2.75) is 25.6 Å². The largest absolute Gasteiger partial charge is 0.461 e. The van der Waals surface area contributed by atoms with Gasteiger partial charge < -0.3 is 15.2 Å². The van der Waals surface area contributed by atoms with Crippen molar-refractivity contribution in [2.24, 2.45) is 11.7 Å². The van der Waals surface area contributed by atoms with Crippen LogP contribution in [0.1, 0.15) is 24.0 Å². The molecule has 8 heteroatoms. The van der Waals surface area contributed by atoms with Crippen LogP contribution in [0.4, 0.5) is 10.5 Å². The highest BCUT2D eigenvalue weighted by molar-refractivity contribution is 5.96. The molecule has 0 saturated carbocycles. The minimum atomic E-state index is -0.370. The number of anilines is 1. The summed E-state index contributed by atoms with van der Waals surface area (Å²) in [6.07, 6.45) is 0.885. The first-order valence-corrected chi connectivity index (χ1v) is 10.8. The van der Waals surface area contributed by atoms with Crippen molar-refractivity contribution in [3.05, 3.63) is 65.7 Å². The molecule has 2 fully saturated rings. The van der Waals surface area contributed by atoms with Crippen LogP contribution in [0.5, 0.6) is 0 Å². The molecule has 32 heavy (non-hydrogen) atoms. The van der Waals surface area contributed by atoms with Gasteiger partial charge in [-0.3, -0.25) is 20.0 Å². The van der Waals surface area contributed by atoms with Crippen LogP contribution >= 0.6 is 0 Å². The fraction of sp³-hybridized carbons (Fsp3) is 0.375. The van der Waals surface area contributed by atoms with E-state index >= 15 is 0 Å². The molecule has 2 saturated heterocycles. The van der Waals surface area contributed by atoms with Crippen molar-refractivity contribution in [1.82, 2.24) is 4.90 Å². The number of amides is 1. The van der Waals surface area contributed by atoms with Gasteiger partial charge in [-0.05, 0) is 55.8 Å². The number of cyclic esters (lactones) is 1. The highest BCUT2D eigenvalue weighted by Crippen LogP contribution is 2.24. The molecule has 168 valence electrons. The van der Waals surface area contributed by atoms with Crippen LogP contribution in [-0.2, 0) is 20.9 Å². The number of nitrogens with two attached hydrogens (primary N) is 1. The smallest absolute Gasteiger partial charge is 0.414 e. The van der Waals surface area contributed by atoms with E-state index in [2.05, 4.69) is 4.90 Å². The standard InChI is InChI=1S/C24H28N4O4/c25-22(26)18-6-8-20(9-7-18)28-15-21(32-24(28)30)14-27-12-10-19(11-13-27)23(29)31-16-17-4-2-1-3-5-17/h1-9,19,21H,10-16H2,(H3,25,26). The zero-order valence-corrected chi connectivity index (χ0v) is 17.9. The monoisotopic (exact) mass is 436 g/mol. The van der Waals surface area contributed by atoms with Crippen LogP contribution < -0.4 is 10.6 Å². The normalized spacial score (nSPS) is 19.6. The quantitative estimate of drug-likeness (QED) is 0.392. The lowest BCUT2D eigenvalue weighted by atomic mass is 9.97. The molecule has 8 nitrogen and oxygen atoms in total. The Bertz CT molecular complexity index is 956. The Kier molecular flexibility index (Phi) is 6.70. The third-order valence-corrected chi connectivity index (χ3v) is 5.97. The summed E-state index contributed by atoms with van der Waals surface area (Å²) in [5.74, 6) is -0.232. The second-order valence-electron chi connectivity index (χ2n) is 8.25. The topological polar surface area (TPSA) is 109 Å². The zero-order valence-electron chi connectivity index (χ0n) is 17.9. The SMILES string of the molecule is N=C(N)c1ccc(N2CC(CN3CCC(C(=O)OCc4ccccc4)CC3)OC2=O)cc1. The number of nitrogens with zero attached hydrogens (tertiary/aromatic N) is 2. The van der Waals surface area contributed by atoms with E-state index in [-0.39, 0.29) is 29.9 Å². The molecule has 3 N–H and O–H groups in total. The van der Waals surface area contributed by atoms with E-state index in [9.17, 15) is 9.59 Å². The maximum Gasteiger partial charge on any atom is 0.414 e. The second kappa shape index (κ2) is 9.82. The van der Waals surface area contributed by atoms with Crippen molar-refractivity contribution in [3.63, 3.8) is 0 Å². The number of benzene rings is 2. The third-order valence-electron chi connectivity index (χ3n) is 5.97. The molecule has 0 aromatic heterocycles. The third kappa shape index (κ3) is 5.26. The maximum atomic E-state index is 12.4. The van der Waals surface area contributed by atoms with Gasteiger partial charge in [0.2, 0.25) is 0 Å². The average Bonchev–Trinajstić information content (AvgIpc) is 3.18. The van der Waals surface area contributed by atoms with Crippen molar-refractivity contribution in [2.75, 3.05) is 31.1 Å². The molecule has 2 heterocycles. The molecule has 2 aromatic carbocycles. The molecule has 2 aromatic rings. The van der Waals surface area contributed by atoms with Gasteiger partial charge in [0, 0.05) is 17.8 Å². The lowest BCUT2D eigenvalue weighted by molar-refractivity contribution is -0.151. The van der Waals surface area contributed by atoms with E-state index < -0.39 is 0 Å². The molecule has 1 unspecified atom stereocenters. The van der Waals surface area contributed by atoms with Gasteiger partial charge in [0.15, 0.2) is 0 Å². The summed E-state index contributed by atoms with van der Waals surface area (Å²) in [5, 5.41) is 7.47. The van der Waals surface area contributed by atoms with E-state index in [0.29, 0.717) is 25.3 Å². The molecule has 0 radical (unpaired) electrons. The summed E-state index contributed by atoms with van der Waals surface area (Å²) in [6, 6.07) is 16.7. The number of ether oxygens (including phenoxy) is 2. The van der Waals surface area contributed by atoms with Crippen molar-refractivity contribution >= 4 is 23.6 Å². The van der Waals surface area contributed by atoms with Gasteiger partial charge in [0.25, 0.3) is 0 Å². The zero-order chi connectivity index (χ0) is 22.5. The number of piperidine rings is 1. The predicted molar refractivity (Wildman–Crippen MR) is 120 cm³/mol. The summed E-state index contributed by atoms with van der Waals surface area (Å²) in [6.45, 7) is 2.96. The van der Waals surface area contributed by atoms with Crippen LogP contribution in [0.15, 0.2) is 54.6 Å². The van der Waals surface area contributed by atoms with Crippen molar-refractivity contribution < 1.29 is 19.1 Å². The molecule has 1 atom stereocenters. The average molecular weight is 437 g/mol. The number of carbonyl (C=O) groups is 2. The number of carbonyl (C=O) groups excluding carboxylic acids is 2. The van der Waals surface area contributed by atoms with Crippen LogP contribution in [0.3, 0.4) is 0 Å². The lowest BCUT2D eigenvalue weighted by Gasteiger charge is -2.31. The van der Waals surface area contributed by atoms with E-state index in [0.717, 1.165) is 37.2 Å². The van der Waals surface area contributed by atoms with Crippen LogP contribution in [0.2, 0.25) is 0 Å². The van der Waals surface area contributed by atoms with Gasteiger partial charge >= 0.3 is 12.1 Å². The Morgan fingerprint density at radius 1 is 1.09 bits per heavy atom. The molecule has 1 amide bonds. The first-order valence-electron chi connectivity index (χ1n) is 10.8. The Labute approximate surface area is 187 Å². The highest BCUT2D eigenvalue weighted by atomic mass is 16.6. The summed E-state index contributed by atoms with van der Waals surface area (Å²) in [5.41, 5.74) is 7.81. The van der Waals surface area contributed by atoms with E-state index in [1.807, 2.05) is 30.3 Å². The Morgan fingerprint density at radius 2 is 1.78 bits per heavy atom.